The molecule has 31 heavy (non-hydrogen) atoms. The zero-order valence-electron chi connectivity index (χ0n) is 17.6. The smallest absolute Gasteiger partial charge is 0.345 e. The Kier molecular flexibility index (Phi) is 6.88. The van der Waals surface area contributed by atoms with Crippen molar-refractivity contribution in [2.75, 3.05) is 0 Å². The van der Waals surface area contributed by atoms with Gasteiger partial charge in [-0.15, -0.1) is 0 Å². The van der Waals surface area contributed by atoms with E-state index in [-0.39, 0.29) is 11.3 Å². The molecule has 0 aliphatic rings. The van der Waals surface area contributed by atoms with Crippen LogP contribution in [0, 0.1) is 0 Å². The van der Waals surface area contributed by atoms with Gasteiger partial charge < -0.3 is 4.74 Å². The number of carbonyl (C=O) groups is 2. The van der Waals surface area contributed by atoms with E-state index in [9.17, 15) is 9.59 Å². The summed E-state index contributed by atoms with van der Waals surface area (Å²) in [6.45, 7) is 6.36. The average molecular weight is 435 g/mol. The molecule has 0 aliphatic heterocycles. The maximum atomic E-state index is 12.2. The van der Waals surface area contributed by atoms with Crippen molar-refractivity contribution in [3.05, 3.63) is 100 Å². The summed E-state index contributed by atoms with van der Waals surface area (Å²) in [4.78, 5) is 24.4. The molecular weight excluding hydrogens is 412 g/mol. The van der Waals surface area contributed by atoms with Gasteiger partial charge in [0, 0.05) is 5.56 Å². The van der Waals surface area contributed by atoms with Crippen LogP contribution in [0.1, 0.15) is 52.6 Å². The molecule has 1 N–H and O–H groups in total. The molecule has 0 atom stereocenters. The highest BCUT2D eigenvalue weighted by Gasteiger charge is 2.14. The molecule has 0 unspecified atom stereocenters. The number of ether oxygens (including phenoxy) is 1. The topological polar surface area (TPSA) is 67.8 Å². The molecule has 0 bridgehead atoms. The molecule has 3 aromatic carbocycles. The summed E-state index contributed by atoms with van der Waals surface area (Å²) in [5.41, 5.74) is 5.27. The summed E-state index contributed by atoms with van der Waals surface area (Å²) < 4.78 is 5.33. The predicted octanol–water partition coefficient (Wildman–Crippen LogP) is 5.62. The third kappa shape index (κ3) is 6.03. The Morgan fingerprint density at radius 1 is 0.935 bits per heavy atom. The van der Waals surface area contributed by atoms with Crippen LogP contribution < -0.4 is 10.2 Å². The second kappa shape index (κ2) is 9.58. The molecular formula is C25H23ClN2O3. The largest absolute Gasteiger partial charge is 0.423 e. The summed E-state index contributed by atoms with van der Waals surface area (Å²) >= 11 is 6.01. The van der Waals surface area contributed by atoms with Gasteiger partial charge in [-0.3, -0.25) is 4.79 Å². The van der Waals surface area contributed by atoms with Crippen molar-refractivity contribution in [2.45, 2.75) is 26.2 Å². The van der Waals surface area contributed by atoms with E-state index in [1.165, 1.54) is 6.21 Å². The summed E-state index contributed by atoms with van der Waals surface area (Å²) in [5.74, 6) is -0.441. The molecule has 0 fully saturated rings. The van der Waals surface area contributed by atoms with E-state index in [1.807, 2.05) is 12.1 Å². The third-order valence-electron chi connectivity index (χ3n) is 4.58. The number of nitrogens with one attached hydrogen (secondary N) is 1. The van der Waals surface area contributed by atoms with Crippen molar-refractivity contribution >= 4 is 29.7 Å². The first-order valence-corrected chi connectivity index (χ1v) is 10.1. The van der Waals surface area contributed by atoms with Gasteiger partial charge >= 0.3 is 5.97 Å². The Hall–Kier alpha value is -3.44. The maximum Gasteiger partial charge on any atom is 0.345 e. The molecule has 1 amide bonds. The van der Waals surface area contributed by atoms with Gasteiger partial charge in [0.05, 0.1) is 16.8 Å². The molecule has 3 rings (SSSR count). The van der Waals surface area contributed by atoms with E-state index in [4.69, 9.17) is 16.3 Å². The minimum absolute atomic E-state index is 0.0288. The molecule has 5 nitrogen and oxygen atoms in total. The summed E-state index contributed by atoms with van der Waals surface area (Å²) in [6, 6.07) is 20.9. The summed E-state index contributed by atoms with van der Waals surface area (Å²) in [7, 11) is 0. The Labute approximate surface area is 186 Å². The van der Waals surface area contributed by atoms with Crippen LogP contribution >= 0.6 is 11.6 Å². The van der Waals surface area contributed by atoms with Gasteiger partial charge in [-0.2, -0.15) is 5.10 Å². The van der Waals surface area contributed by atoms with Gasteiger partial charge in [-0.05, 0) is 65.1 Å². The van der Waals surface area contributed by atoms with Crippen molar-refractivity contribution in [1.29, 1.82) is 0 Å². The Bertz CT molecular complexity index is 1100. The average Bonchev–Trinajstić information content (AvgIpc) is 2.74. The van der Waals surface area contributed by atoms with Crippen molar-refractivity contribution in [2.24, 2.45) is 5.10 Å². The molecule has 0 saturated carbocycles. The monoisotopic (exact) mass is 434 g/mol. The molecule has 0 aromatic heterocycles. The van der Waals surface area contributed by atoms with E-state index in [1.54, 1.807) is 60.7 Å². The number of hydrogen-bond acceptors (Lipinski definition) is 4. The molecule has 0 saturated heterocycles. The SMILES string of the molecule is CC(C)(C)c1ccc(C(=O)N/N=C\c2ccc(OC(=O)c3ccccc3Cl)cc2)cc1. The zero-order valence-corrected chi connectivity index (χ0v) is 18.3. The third-order valence-corrected chi connectivity index (χ3v) is 4.91. The number of benzene rings is 3. The maximum absolute atomic E-state index is 12.2. The fourth-order valence-electron chi connectivity index (χ4n) is 2.76. The first-order chi connectivity index (χ1) is 14.7. The van der Waals surface area contributed by atoms with Gasteiger partial charge in [-0.25, -0.2) is 10.2 Å². The minimum atomic E-state index is -0.531. The highest BCUT2D eigenvalue weighted by atomic mass is 35.5. The van der Waals surface area contributed by atoms with Crippen LogP contribution in [-0.2, 0) is 5.41 Å². The van der Waals surface area contributed by atoms with Crippen molar-refractivity contribution < 1.29 is 14.3 Å². The number of hydrogen-bond donors (Lipinski definition) is 1. The van der Waals surface area contributed by atoms with Gasteiger partial charge in [0.15, 0.2) is 0 Å². The summed E-state index contributed by atoms with van der Waals surface area (Å²) in [6.07, 6.45) is 1.51. The Morgan fingerprint density at radius 3 is 2.19 bits per heavy atom. The standard InChI is InChI=1S/C25H23ClN2O3/c1-25(2,3)19-12-10-18(11-13-19)23(29)28-27-16-17-8-14-20(15-9-17)31-24(30)21-6-4-5-7-22(21)26/h4-16H,1-3H3,(H,28,29)/b27-16-. The van der Waals surface area contributed by atoms with Gasteiger partial charge in [-0.1, -0.05) is 56.6 Å². The lowest BCUT2D eigenvalue weighted by molar-refractivity contribution is 0.0734. The highest BCUT2D eigenvalue weighted by molar-refractivity contribution is 6.33. The lowest BCUT2D eigenvalue weighted by Gasteiger charge is -2.18. The fraction of sp³-hybridized carbons (Fsp3) is 0.160. The first kappa shape index (κ1) is 22.2. The van der Waals surface area contributed by atoms with E-state index >= 15 is 0 Å². The van der Waals surface area contributed by atoms with Crippen molar-refractivity contribution in [3.63, 3.8) is 0 Å². The van der Waals surface area contributed by atoms with Crippen LogP contribution in [0.15, 0.2) is 77.9 Å². The van der Waals surface area contributed by atoms with Crippen molar-refractivity contribution in [1.82, 2.24) is 5.43 Å². The molecule has 0 spiro atoms. The number of nitrogens with zero attached hydrogens (tertiary/aromatic N) is 1. The molecule has 158 valence electrons. The quantitative estimate of drug-likeness (QED) is 0.245. The van der Waals surface area contributed by atoms with Crippen LogP contribution in [0.4, 0.5) is 0 Å². The van der Waals surface area contributed by atoms with Crippen LogP contribution in [0.2, 0.25) is 5.02 Å². The Morgan fingerprint density at radius 2 is 1.58 bits per heavy atom. The minimum Gasteiger partial charge on any atom is -0.423 e. The lowest BCUT2D eigenvalue weighted by atomic mass is 9.87. The van der Waals surface area contributed by atoms with Crippen LogP contribution in [0.5, 0.6) is 5.75 Å². The normalized spacial score (nSPS) is 11.4. The first-order valence-electron chi connectivity index (χ1n) is 9.75. The fourth-order valence-corrected chi connectivity index (χ4v) is 2.98. The number of esters is 1. The molecule has 0 radical (unpaired) electrons. The lowest BCUT2D eigenvalue weighted by Crippen LogP contribution is -2.18. The van der Waals surface area contributed by atoms with Gasteiger partial charge in [0.25, 0.3) is 5.91 Å². The van der Waals surface area contributed by atoms with Crippen LogP contribution in [0.3, 0.4) is 0 Å². The van der Waals surface area contributed by atoms with Crippen LogP contribution in [-0.4, -0.2) is 18.1 Å². The highest BCUT2D eigenvalue weighted by Crippen LogP contribution is 2.22. The number of hydrazone groups is 1. The molecule has 6 heteroatoms. The number of carbonyl (C=O) groups excluding carboxylic acids is 2. The Balaban J connectivity index is 1.56. The number of rotatable bonds is 5. The second-order valence-electron chi connectivity index (χ2n) is 7.96. The number of halogens is 1. The molecule has 0 heterocycles. The van der Waals surface area contributed by atoms with Gasteiger partial charge in [0.2, 0.25) is 0 Å². The molecule has 0 aliphatic carbocycles. The second-order valence-corrected chi connectivity index (χ2v) is 8.37. The number of amides is 1. The molecule has 3 aromatic rings. The predicted molar refractivity (Wildman–Crippen MR) is 123 cm³/mol. The zero-order chi connectivity index (χ0) is 22.4. The van der Waals surface area contributed by atoms with E-state index in [0.717, 1.165) is 11.1 Å². The summed E-state index contributed by atoms with van der Waals surface area (Å²) in [5, 5.41) is 4.32. The van der Waals surface area contributed by atoms with Crippen molar-refractivity contribution in [3.8, 4) is 5.75 Å². The van der Waals surface area contributed by atoms with Gasteiger partial charge in [0.1, 0.15) is 5.75 Å². The van der Waals surface area contributed by atoms with E-state index in [0.29, 0.717) is 21.9 Å². The van der Waals surface area contributed by atoms with E-state index in [2.05, 4.69) is 31.3 Å². The van der Waals surface area contributed by atoms with Crippen LogP contribution in [0.25, 0.3) is 0 Å². The van der Waals surface area contributed by atoms with E-state index < -0.39 is 5.97 Å².